The molecule has 2 N–H and O–H groups in total. The normalized spacial score (nSPS) is 28.9. The lowest BCUT2D eigenvalue weighted by Crippen LogP contribution is -2.28. The average Bonchev–Trinajstić information content (AvgIpc) is 3.00. The molecule has 21 heavy (non-hydrogen) atoms. The van der Waals surface area contributed by atoms with E-state index in [0.29, 0.717) is 0 Å². The van der Waals surface area contributed by atoms with Crippen LogP contribution in [0.15, 0.2) is 22.7 Å². The lowest BCUT2D eigenvalue weighted by Gasteiger charge is -2.29. The zero-order valence-electron chi connectivity index (χ0n) is 13.2. The third-order valence-corrected chi connectivity index (χ3v) is 6.01. The van der Waals surface area contributed by atoms with Gasteiger partial charge in [-0.3, -0.25) is 0 Å². The summed E-state index contributed by atoms with van der Waals surface area (Å²) in [4.78, 5) is 2.44. The molecule has 0 saturated heterocycles. The number of fused-ring (bicyclic) bond motifs is 2. The minimum atomic E-state index is 0.217. The third kappa shape index (κ3) is 3.45. The van der Waals surface area contributed by atoms with Crippen LogP contribution in [0.25, 0.3) is 0 Å². The van der Waals surface area contributed by atoms with Gasteiger partial charge in [-0.15, -0.1) is 0 Å². The molecular formula is C18H27BrN2. The summed E-state index contributed by atoms with van der Waals surface area (Å²) in [5.74, 6) is 2.93. The van der Waals surface area contributed by atoms with E-state index in [9.17, 15) is 0 Å². The minimum Gasteiger partial charge on any atom is -0.373 e. The van der Waals surface area contributed by atoms with Gasteiger partial charge in [-0.1, -0.05) is 12.5 Å². The quantitative estimate of drug-likeness (QED) is 0.861. The van der Waals surface area contributed by atoms with Crippen molar-refractivity contribution in [1.29, 1.82) is 0 Å². The Hall–Kier alpha value is -0.540. The van der Waals surface area contributed by atoms with E-state index in [4.69, 9.17) is 5.73 Å². The number of benzene rings is 1. The monoisotopic (exact) mass is 350 g/mol. The van der Waals surface area contributed by atoms with Gasteiger partial charge in [0.25, 0.3) is 0 Å². The van der Waals surface area contributed by atoms with Crippen molar-refractivity contribution < 1.29 is 0 Å². The van der Waals surface area contributed by atoms with E-state index >= 15 is 0 Å². The van der Waals surface area contributed by atoms with Crippen molar-refractivity contribution in [3.05, 3.63) is 28.2 Å². The Morgan fingerprint density at radius 2 is 2.14 bits per heavy atom. The molecule has 2 aliphatic carbocycles. The van der Waals surface area contributed by atoms with Crippen LogP contribution in [0.5, 0.6) is 0 Å². The fraction of sp³-hybridized carbons (Fsp3) is 0.667. The number of anilines is 1. The summed E-state index contributed by atoms with van der Waals surface area (Å²) in [5, 5.41) is 0. The first-order valence-electron chi connectivity index (χ1n) is 8.28. The maximum absolute atomic E-state index is 5.89. The van der Waals surface area contributed by atoms with Crippen LogP contribution in [0.1, 0.15) is 38.2 Å². The molecule has 2 bridgehead atoms. The first-order chi connectivity index (χ1) is 10.0. The number of hydrogen-bond donors (Lipinski definition) is 1. The summed E-state index contributed by atoms with van der Waals surface area (Å²) in [6.07, 6.45) is 6.84. The molecule has 3 rings (SSSR count). The van der Waals surface area contributed by atoms with Crippen molar-refractivity contribution in [3.63, 3.8) is 0 Å². The molecule has 2 nitrogen and oxygen atoms in total. The average molecular weight is 351 g/mol. The predicted molar refractivity (Wildman–Crippen MR) is 93.7 cm³/mol. The smallest absolute Gasteiger partial charge is 0.0508 e. The van der Waals surface area contributed by atoms with Crippen LogP contribution in [0.2, 0.25) is 0 Å². The molecule has 2 aliphatic rings. The fourth-order valence-electron chi connectivity index (χ4n) is 4.41. The number of halogens is 1. The first kappa shape index (κ1) is 15.4. The van der Waals surface area contributed by atoms with Crippen molar-refractivity contribution in [1.82, 2.24) is 0 Å². The lowest BCUT2D eigenvalue weighted by molar-refractivity contribution is 0.337. The Labute approximate surface area is 137 Å². The second kappa shape index (κ2) is 6.29. The Kier molecular flexibility index (Phi) is 4.60. The summed E-state index contributed by atoms with van der Waals surface area (Å²) in [5.41, 5.74) is 8.52. The molecular weight excluding hydrogens is 324 g/mol. The van der Waals surface area contributed by atoms with Gasteiger partial charge >= 0.3 is 0 Å². The molecule has 2 saturated carbocycles. The van der Waals surface area contributed by atoms with Crippen LogP contribution >= 0.6 is 15.9 Å². The Morgan fingerprint density at radius 3 is 2.71 bits per heavy atom. The largest absolute Gasteiger partial charge is 0.373 e. The summed E-state index contributed by atoms with van der Waals surface area (Å²) >= 11 is 3.75. The highest BCUT2D eigenvalue weighted by Crippen LogP contribution is 2.48. The molecule has 0 aromatic heterocycles. The molecule has 2 fully saturated rings. The van der Waals surface area contributed by atoms with Gasteiger partial charge in [-0.25, -0.2) is 0 Å². The van der Waals surface area contributed by atoms with Gasteiger partial charge in [0, 0.05) is 24.1 Å². The Balaban J connectivity index is 1.65. The van der Waals surface area contributed by atoms with Gasteiger partial charge in [0.15, 0.2) is 0 Å². The van der Waals surface area contributed by atoms with Crippen molar-refractivity contribution in [3.8, 4) is 0 Å². The van der Waals surface area contributed by atoms with Crippen molar-refractivity contribution >= 4 is 21.6 Å². The fourth-order valence-corrected chi connectivity index (χ4v) is 5.14. The van der Waals surface area contributed by atoms with Crippen molar-refractivity contribution in [2.75, 3.05) is 18.5 Å². The summed E-state index contributed by atoms with van der Waals surface area (Å²) in [6, 6.07) is 6.92. The van der Waals surface area contributed by atoms with Gasteiger partial charge < -0.3 is 10.6 Å². The maximum Gasteiger partial charge on any atom is 0.0508 e. The topological polar surface area (TPSA) is 29.3 Å². The van der Waals surface area contributed by atoms with E-state index < -0.39 is 0 Å². The van der Waals surface area contributed by atoms with E-state index in [0.717, 1.165) is 24.2 Å². The van der Waals surface area contributed by atoms with Gasteiger partial charge in [0.2, 0.25) is 0 Å². The molecule has 0 radical (unpaired) electrons. The summed E-state index contributed by atoms with van der Waals surface area (Å²) in [7, 11) is 2.23. The van der Waals surface area contributed by atoms with Gasteiger partial charge in [0.1, 0.15) is 0 Å². The molecule has 4 unspecified atom stereocenters. The first-order valence-corrected chi connectivity index (χ1v) is 9.07. The van der Waals surface area contributed by atoms with Crippen LogP contribution in [0.3, 0.4) is 0 Å². The van der Waals surface area contributed by atoms with Gasteiger partial charge in [-0.2, -0.15) is 0 Å². The minimum absolute atomic E-state index is 0.217. The van der Waals surface area contributed by atoms with Crippen molar-refractivity contribution in [2.45, 2.75) is 45.1 Å². The van der Waals surface area contributed by atoms with Gasteiger partial charge in [0.05, 0.1) is 5.69 Å². The highest BCUT2D eigenvalue weighted by Gasteiger charge is 2.39. The van der Waals surface area contributed by atoms with E-state index in [1.807, 2.05) is 0 Å². The number of nitrogens with two attached hydrogens (primary N) is 1. The second-order valence-electron chi connectivity index (χ2n) is 7.28. The molecule has 0 amide bonds. The van der Waals surface area contributed by atoms with E-state index in [-0.39, 0.29) is 6.04 Å². The van der Waals surface area contributed by atoms with Crippen LogP contribution in [-0.2, 0) is 6.42 Å². The number of rotatable bonds is 5. The molecule has 116 valence electrons. The standard InChI is InChI=1S/C18H27BrN2/c1-12(20)7-13-4-6-18(17(19)10-13)21(2)11-16-9-14-3-5-15(16)8-14/h4,6,10,12,14-16H,3,5,7-9,11,20H2,1-2H3. The van der Waals surface area contributed by atoms with Crippen LogP contribution in [0, 0.1) is 17.8 Å². The second-order valence-corrected chi connectivity index (χ2v) is 8.14. The molecule has 0 spiro atoms. The maximum atomic E-state index is 5.89. The third-order valence-electron chi connectivity index (χ3n) is 5.37. The van der Waals surface area contributed by atoms with Gasteiger partial charge in [-0.05, 0) is 84.0 Å². The number of nitrogens with zero attached hydrogens (tertiary/aromatic N) is 1. The lowest BCUT2D eigenvalue weighted by atomic mass is 9.88. The number of hydrogen-bond acceptors (Lipinski definition) is 2. The molecule has 0 aliphatic heterocycles. The van der Waals surface area contributed by atoms with E-state index in [2.05, 4.69) is 53.0 Å². The molecule has 1 aromatic carbocycles. The Bertz CT molecular complexity index is 500. The zero-order chi connectivity index (χ0) is 15.0. The SMILES string of the molecule is CC(N)Cc1ccc(N(C)CC2CC3CCC2C3)c(Br)c1. The van der Waals surface area contributed by atoms with Crippen LogP contribution in [-0.4, -0.2) is 19.6 Å². The molecule has 3 heteroatoms. The van der Waals surface area contributed by atoms with E-state index in [1.165, 1.54) is 48.0 Å². The summed E-state index contributed by atoms with van der Waals surface area (Å²) in [6.45, 7) is 3.26. The molecule has 1 aromatic rings. The molecule has 4 atom stereocenters. The van der Waals surface area contributed by atoms with Crippen molar-refractivity contribution in [2.24, 2.45) is 23.5 Å². The highest BCUT2D eigenvalue weighted by atomic mass is 79.9. The predicted octanol–water partition coefficient (Wildman–Crippen LogP) is 4.21. The zero-order valence-corrected chi connectivity index (χ0v) is 14.8. The molecule has 0 heterocycles. The van der Waals surface area contributed by atoms with Crippen LogP contribution in [0.4, 0.5) is 5.69 Å². The highest BCUT2D eigenvalue weighted by molar-refractivity contribution is 9.10. The van der Waals surface area contributed by atoms with E-state index in [1.54, 1.807) is 0 Å². The summed E-state index contributed by atoms with van der Waals surface area (Å²) < 4.78 is 1.20. The van der Waals surface area contributed by atoms with Crippen LogP contribution < -0.4 is 10.6 Å². The Morgan fingerprint density at radius 1 is 1.33 bits per heavy atom.